The maximum atomic E-state index is 12.0. The molecule has 1 aliphatic rings. The molecule has 2 rings (SSSR count). The van der Waals surface area contributed by atoms with Gasteiger partial charge in [-0.1, -0.05) is 0 Å². The minimum atomic E-state index is -0.203. The van der Waals surface area contributed by atoms with Gasteiger partial charge in [0.1, 0.15) is 18.1 Å². The Labute approximate surface area is 107 Å². The third-order valence-corrected chi connectivity index (χ3v) is 3.24. The van der Waals surface area contributed by atoms with Gasteiger partial charge in [-0.05, 0) is 31.9 Å². The highest BCUT2D eigenvalue weighted by Gasteiger charge is 2.22. The quantitative estimate of drug-likeness (QED) is 0.816. The van der Waals surface area contributed by atoms with Gasteiger partial charge in [-0.15, -0.1) is 0 Å². The van der Waals surface area contributed by atoms with Crippen molar-refractivity contribution >= 4 is 5.91 Å². The van der Waals surface area contributed by atoms with Gasteiger partial charge in [0.25, 0.3) is 0 Å². The summed E-state index contributed by atoms with van der Waals surface area (Å²) in [4.78, 5) is 13.9. The summed E-state index contributed by atoms with van der Waals surface area (Å²) in [6.45, 7) is 4.03. The summed E-state index contributed by atoms with van der Waals surface area (Å²) in [5.41, 5.74) is 0. The fourth-order valence-corrected chi connectivity index (χ4v) is 2.15. The number of aliphatic hydroxyl groups is 1. The number of carbonyl (C=O) groups excluding carboxylic acids is 1. The van der Waals surface area contributed by atoms with E-state index in [1.807, 2.05) is 17.9 Å². The molecule has 0 spiro atoms. The monoisotopic (exact) mass is 252 g/mol. The maximum Gasteiger partial charge on any atom is 0.239 e. The fraction of sp³-hybridized carbons (Fsp3) is 0.615. The zero-order chi connectivity index (χ0) is 13.0. The van der Waals surface area contributed by atoms with Gasteiger partial charge < -0.3 is 14.4 Å². The van der Waals surface area contributed by atoms with E-state index in [0.29, 0.717) is 12.3 Å². The van der Waals surface area contributed by atoms with Gasteiger partial charge in [0.15, 0.2) is 0 Å². The minimum absolute atomic E-state index is 0.0950. The lowest BCUT2D eigenvalue weighted by molar-refractivity contribution is -0.132. The van der Waals surface area contributed by atoms with Crippen LogP contribution in [0.3, 0.4) is 0 Å². The fourth-order valence-electron chi connectivity index (χ4n) is 2.15. The number of nitrogens with one attached hydrogen (secondary N) is 1. The van der Waals surface area contributed by atoms with E-state index < -0.39 is 0 Å². The number of aliphatic hydroxyl groups excluding tert-OH is 1. The van der Waals surface area contributed by atoms with E-state index in [1.54, 1.807) is 6.07 Å². The first-order valence-corrected chi connectivity index (χ1v) is 6.41. The average molecular weight is 252 g/mol. The molecule has 18 heavy (non-hydrogen) atoms. The van der Waals surface area contributed by atoms with Crippen molar-refractivity contribution in [3.63, 3.8) is 0 Å². The zero-order valence-electron chi connectivity index (χ0n) is 10.7. The smallest absolute Gasteiger partial charge is 0.239 e. The van der Waals surface area contributed by atoms with Crippen LogP contribution in [0.15, 0.2) is 16.5 Å². The summed E-state index contributed by atoms with van der Waals surface area (Å²) in [5.74, 6) is 1.44. The van der Waals surface area contributed by atoms with Gasteiger partial charge in [0.2, 0.25) is 5.91 Å². The van der Waals surface area contributed by atoms with E-state index in [-0.39, 0.29) is 18.6 Å². The van der Waals surface area contributed by atoms with Crippen LogP contribution < -0.4 is 5.32 Å². The van der Waals surface area contributed by atoms with Crippen molar-refractivity contribution in [1.82, 2.24) is 10.2 Å². The minimum Gasteiger partial charge on any atom is -0.462 e. The molecule has 2 N–H and O–H groups in total. The number of hydrogen-bond donors (Lipinski definition) is 2. The lowest BCUT2D eigenvalue weighted by atomic mass is 10.3. The molecule has 1 aromatic heterocycles. The first kappa shape index (κ1) is 13.1. The largest absolute Gasteiger partial charge is 0.462 e. The second kappa shape index (κ2) is 6.02. The van der Waals surface area contributed by atoms with Gasteiger partial charge in [0, 0.05) is 13.1 Å². The molecule has 5 nitrogen and oxygen atoms in total. The summed E-state index contributed by atoms with van der Waals surface area (Å²) < 4.78 is 5.35. The topological polar surface area (TPSA) is 65.7 Å². The highest BCUT2D eigenvalue weighted by Crippen LogP contribution is 2.10. The van der Waals surface area contributed by atoms with Crippen LogP contribution in [0.5, 0.6) is 0 Å². The van der Waals surface area contributed by atoms with E-state index in [4.69, 9.17) is 9.52 Å². The number of nitrogens with zero attached hydrogens (tertiary/aromatic N) is 1. The van der Waals surface area contributed by atoms with Crippen LogP contribution in [0, 0.1) is 0 Å². The predicted molar refractivity (Wildman–Crippen MR) is 66.7 cm³/mol. The van der Waals surface area contributed by atoms with E-state index in [9.17, 15) is 4.79 Å². The molecule has 2 heterocycles. The van der Waals surface area contributed by atoms with E-state index in [1.165, 1.54) is 0 Å². The Morgan fingerprint density at radius 1 is 1.44 bits per heavy atom. The normalized spacial score (nSPS) is 17.1. The Morgan fingerprint density at radius 3 is 2.72 bits per heavy atom. The SMILES string of the molecule is CC(NCc1ccc(CO)o1)C(=O)N1CCCC1. The molecular formula is C13H20N2O3. The van der Waals surface area contributed by atoms with Crippen molar-refractivity contribution in [3.05, 3.63) is 23.7 Å². The number of likely N-dealkylation sites (tertiary alicyclic amines) is 1. The van der Waals surface area contributed by atoms with Crippen LogP contribution in [-0.4, -0.2) is 35.0 Å². The molecule has 100 valence electrons. The highest BCUT2D eigenvalue weighted by atomic mass is 16.4. The average Bonchev–Trinajstić information content (AvgIpc) is 3.05. The van der Waals surface area contributed by atoms with Crippen LogP contribution in [0.1, 0.15) is 31.3 Å². The Balaban J connectivity index is 1.80. The third-order valence-electron chi connectivity index (χ3n) is 3.24. The summed E-state index contributed by atoms with van der Waals surface area (Å²) >= 11 is 0. The van der Waals surface area contributed by atoms with Crippen molar-refractivity contribution < 1.29 is 14.3 Å². The molecule has 0 saturated carbocycles. The molecule has 1 atom stereocenters. The van der Waals surface area contributed by atoms with Crippen molar-refractivity contribution in [3.8, 4) is 0 Å². The van der Waals surface area contributed by atoms with Crippen molar-refractivity contribution in [1.29, 1.82) is 0 Å². The van der Waals surface area contributed by atoms with Crippen LogP contribution in [0.25, 0.3) is 0 Å². The second-order valence-electron chi connectivity index (χ2n) is 4.66. The standard InChI is InChI=1S/C13H20N2O3/c1-10(13(17)15-6-2-3-7-15)14-8-11-4-5-12(9-16)18-11/h4-5,10,14,16H,2-3,6-9H2,1H3. The molecule has 0 radical (unpaired) electrons. The van der Waals surface area contributed by atoms with Gasteiger partial charge in [-0.3, -0.25) is 10.1 Å². The number of amides is 1. The first-order chi connectivity index (χ1) is 8.70. The van der Waals surface area contributed by atoms with Crippen LogP contribution in [0.2, 0.25) is 0 Å². The maximum absolute atomic E-state index is 12.0. The molecule has 5 heteroatoms. The lowest BCUT2D eigenvalue weighted by Crippen LogP contribution is -2.43. The molecule has 1 saturated heterocycles. The summed E-state index contributed by atoms with van der Waals surface area (Å²) in [6.07, 6.45) is 2.22. The number of furan rings is 1. The molecular weight excluding hydrogens is 232 g/mol. The number of rotatable bonds is 5. The molecule has 1 aliphatic heterocycles. The highest BCUT2D eigenvalue weighted by molar-refractivity contribution is 5.81. The number of carbonyl (C=O) groups is 1. The molecule has 1 amide bonds. The Kier molecular flexibility index (Phi) is 4.38. The first-order valence-electron chi connectivity index (χ1n) is 6.41. The summed E-state index contributed by atoms with van der Waals surface area (Å²) in [7, 11) is 0. The van der Waals surface area contributed by atoms with Gasteiger partial charge in [-0.25, -0.2) is 0 Å². The molecule has 1 fully saturated rings. The van der Waals surface area contributed by atoms with Crippen molar-refractivity contribution in [2.24, 2.45) is 0 Å². The zero-order valence-corrected chi connectivity index (χ0v) is 10.7. The van der Waals surface area contributed by atoms with Crippen molar-refractivity contribution in [2.75, 3.05) is 13.1 Å². The Bertz CT molecular complexity index is 397. The summed E-state index contributed by atoms with van der Waals surface area (Å²) in [6, 6.07) is 3.35. The Morgan fingerprint density at radius 2 is 2.11 bits per heavy atom. The van der Waals surface area contributed by atoms with Crippen molar-refractivity contribution in [2.45, 2.75) is 39.0 Å². The third kappa shape index (κ3) is 3.11. The van der Waals surface area contributed by atoms with Crippen LogP contribution in [-0.2, 0) is 17.9 Å². The van der Waals surface area contributed by atoms with Gasteiger partial charge in [-0.2, -0.15) is 0 Å². The Hall–Kier alpha value is -1.33. The molecule has 1 aromatic rings. The predicted octanol–water partition coefficient (Wildman–Crippen LogP) is 0.872. The van der Waals surface area contributed by atoms with E-state index >= 15 is 0 Å². The van der Waals surface area contributed by atoms with E-state index in [2.05, 4.69) is 5.32 Å². The second-order valence-corrected chi connectivity index (χ2v) is 4.66. The van der Waals surface area contributed by atoms with Crippen LogP contribution in [0.4, 0.5) is 0 Å². The molecule has 1 unspecified atom stereocenters. The van der Waals surface area contributed by atoms with Gasteiger partial charge in [0.05, 0.1) is 12.6 Å². The molecule has 0 aliphatic carbocycles. The van der Waals surface area contributed by atoms with E-state index in [0.717, 1.165) is 31.7 Å². The van der Waals surface area contributed by atoms with Crippen LogP contribution >= 0.6 is 0 Å². The van der Waals surface area contributed by atoms with Gasteiger partial charge >= 0.3 is 0 Å². The molecule has 0 aromatic carbocycles. The lowest BCUT2D eigenvalue weighted by Gasteiger charge is -2.20. The summed E-state index contributed by atoms with van der Waals surface area (Å²) in [5, 5.41) is 12.0. The molecule has 0 bridgehead atoms. The number of hydrogen-bond acceptors (Lipinski definition) is 4.